The largest absolute Gasteiger partial charge is 0.310 e. The molecule has 0 unspecified atom stereocenters. The molecule has 0 atom stereocenters. The number of hydrogen-bond acceptors (Lipinski definition) is 1. The summed E-state index contributed by atoms with van der Waals surface area (Å²) in [5.74, 6) is 0. The van der Waals surface area contributed by atoms with Gasteiger partial charge in [0.05, 0.1) is 11.4 Å². The normalized spacial score (nSPS) is 13.2. The third-order valence-corrected chi connectivity index (χ3v) is 12.5. The number of hydrogen-bond donors (Lipinski definition) is 0. The van der Waals surface area contributed by atoms with Crippen molar-refractivity contribution in [2.75, 3.05) is 4.90 Å². The van der Waals surface area contributed by atoms with Gasteiger partial charge in [-0.3, -0.25) is 0 Å². The minimum atomic E-state index is -0.119. The maximum atomic E-state index is 2.54. The van der Waals surface area contributed by atoms with Gasteiger partial charge in [0.25, 0.3) is 0 Å². The lowest BCUT2D eigenvalue weighted by molar-refractivity contribution is 0.660. The minimum absolute atomic E-state index is 0.119. The Morgan fingerprint density at radius 2 is 0.982 bits per heavy atom. The Labute approximate surface area is 335 Å². The van der Waals surface area contributed by atoms with Crippen LogP contribution in [0.1, 0.15) is 36.1 Å². The zero-order valence-corrected chi connectivity index (χ0v) is 32.2. The summed E-state index contributed by atoms with van der Waals surface area (Å²) in [7, 11) is 0. The molecule has 0 aromatic heterocycles. The molecule has 0 radical (unpaired) electrons. The molecule has 9 aromatic rings. The molecule has 1 nitrogen and oxygen atoms in total. The fourth-order valence-electron chi connectivity index (χ4n) is 9.77. The van der Waals surface area contributed by atoms with Gasteiger partial charge in [0.15, 0.2) is 0 Å². The molecule has 0 spiro atoms. The van der Waals surface area contributed by atoms with E-state index in [2.05, 4.69) is 219 Å². The maximum absolute atomic E-state index is 2.54. The van der Waals surface area contributed by atoms with Crippen LogP contribution in [0.3, 0.4) is 0 Å². The smallest absolute Gasteiger partial charge is 0.0540 e. The van der Waals surface area contributed by atoms with E-state index >= 15 is 0 Å². The van der Waals surface area contributed by atoms with Crippen molar-refractivity contribution in [3.05, 3.63) is 222 Å². The van der Waals surface area contributed by atoms with E-state index in [9.17, 15) is 0 Å². The summed E-state index contributed by atoms with van der Waals surface area (Å²) in [6.07, 6.45) is 0.841. The van der Waals surface area contributed by atoms with E-state index in [1.165, 1.54) is 106 Å². The minimum Gasteiger partial charge on any atom is -0.310 e. The lowest BCUT2D eigenvalue weighted by atomic mass is 9.82. The van der Waals surface area contributed by atoms with E-state index < -0.39 is 0 Å². The Hall–Kier alpha value is -6.96. The van der Waals surface area contributed by atoms with Crippen molar-refractivity contribution in [3.8, 4) is 55.6 Å². The lowest BCUT2D eigenvalue weighted by Crippen LogP contribution is -2.17. The molecule has 2 aliphatic rings. The highest BCUT2D eigenvalue weighted by Gasteiger charge is 2.36. The van der Waals surface area contributed by atoms with Gasteiger partial charge in [0.2, 0.25) is 0 Å². The average molecular weight is 728 g/mol. The third kappa shape index (κ3) is 5.30. The van der Waals surface area contributed by atoms with Crippen LogP contribution in [0.2, 0.25) is 0 Å². The molecule has 0 saturated heterocycles. The van der Waals surface area contributed by atoms with E-state index in [1.54, 1.807) is 0 Å². The average Bonchev–Trinajstić information content (AvgIpc) is 3.75. The van der Waals surface area contributed by atoms with Crippen LogP contribution in [-0.2, 0) is 11.8 Å². The number of anilines is 3. The van der Waals surface area contributed by atoms with Gasteiger partial charge >= 0.3 is 0 Å². The first-order chi connectivity index (χ1) is 28.0. The second kappa shape index (κ2) is 13.1. The van der Waals surface area contributed by atoms with Gasteiger partial charge in [-0.05, 0) is 113 Å². The Balaban J connectivity index is 1.12. The van der Waals surface area contributed by atoms with Crippen molar-refractivity contribution in [1.82, 2.24) is 0 Å². The van der Waals surface area contributed by atoms with E-state index in [4.69, 9.17) is 0 Å². The van der Waals surface area contributed by atoms with Gasteiger partial charge in [0, 0.05) is 23.1 Å². The predicted molar refractivity (Wildman–Crippen MR) is 241 cm³/mol. The predicted octanol–water partition coefficient (Wildman–Crippen LogP) is 15.2. The topological polar surface area (TPSA) is 3.24 Å². The lowest BCUT2D eigenvalue weighted by Gasteiger charge is -2.31. The number of benzene rings is 9. The molecule has 0 amide bonds. The van der Waals surface area contributed by atoms with E-state index in [0.717, 1.165) is 6.42 Å². The first kappa shape index (κ1) is 33.4. The SMILES string of the molecule is CC1(C)c2ccccc2-c2ccc(N(c3ccccc3-c3ccccc3)c3cccc4c3Cc3c-4cc4ccccc4c3-c3ccc(-c4ccccc4)cc3)cc21. The van der Waals surface area contributed by atoms with Gasteiger partial charge in [-0.15, -0.1) is 0 Å². The zero-order chi connectivity index (χ0) is 38.1. The maximum Gasteiger partial charge on any atom is 0.0540 e. The molecule has 1 heteroatoms. The molecule has 0 aliphatic heterocycles. The summed E-state index contributed by atoms with van der Waals surface area (Å²) in [6.45, 7) is 4.75. The van der Waals surface area contributed by atoms with Crippen molar-refractivity contribution in [1.29, 1.82) is 0 Å². The summed E-state index contributed by atoms with van der Waals surface area (Å²) in [6, 6.07) is 74.0. The summed E-state index contributed by atoms with van der Waals surface area (Å²) in [5.41, 5.74) is 21.7. The molecule has 11 rings (SSSR count). The van der Waals surface area contributed by atoms with Gasteiger partial charge in [-0.2, -0.15) is 0 Å². The number of rotatable bonds is 6. The Morgan fingerprint density at radius 1 is 0.386 bits per heavy atom. The molecule has 0 bridgehead atoms. The highest BCUT2D eigenvalue weighted by Crippen LogP contribution is 2.54. The monoisotopic (exact) mass is 727 g/mol. The van der Waals surface area contributed by atoms with Crippen LogP contribution in [0, 0.1) is 0 Å². The summed E-state index contributed by atoms with van der Waals surface area (Å²) in [4.78, 5) is 2.54. The van der Waals surface area contributed by atoms with E-state index in [0.29, 0.717) is 0 Å². The zero-order valence-electron chi connectivity index (χ0n) is 32.2. The Morgan fingerprint density at radius 3 is 1.79 bits per heavy atom. The van der Waals surface area contributed by atoms with Crippen LogP contribution in [0.25, 0.3) is 66.4 Å². The van der Waals surface area contributed by atoms with E-state index in [1.807, 2.05) is 0 Å². The van der Waals surface area contributed by atoms with Gasteiger partial charge in [-0.1, -0.05) is 184 Å². The van der Waals surface area contributed by atoms with Gasteiger partial charge in [0.1, 0.15) is 0 Å². The highest BCUT2D eigenvalue weighted by atomic mass is 15.1. The first-order valence-corrected chi connectivity index (χ1v) is 20.1. The standard InChI is InChI=1S/C56H41N/c1-56(2)51-25-13-11-23-46(51)47-33-32-42(35-52(47)56)57(53-26-14-12-21-43(53)39-18-7-4-8-19-39)54-27-15-24-45-48-34-41-20-9-10-22-44(41)55(50(48)36-49(45)54)40-30-28-38(29-31-40)37-16-5-3-6-17-37/h3-35H,36H2,1-2H3. The van der Waals surface area contributed by atoms with Crippen molar-refractivity contribution in [2.45, 2.75) is 25.7 Å². The molecule has 0 N–H and O–H groups in total. The summed E-state index contributed by atoms with van der Waals surface area (Å²) < 4.78 is 0. The fourth-order valence-corrected chi connectivity index (χ4v) is 9.77. The number of nitrogens with zero attached hydrogens (tertiary/aromatic N) is 1. The Kier molecular flexibility index (Phi) is 7.66. The number of para-hydroxylation sites is 1. The molecular formula is C56H41N. The molecule has 0 heterocycles. The van der Waals surface area contributed by atoms with Crippen molar-refractivity contribution in [2.24, 2.45) is 0 Å². The van der Waals surface area contributed by atoms with Crippen molar-refractivity contribution >= 4 is 27.8 Å². The quantitative estimate of drug-likeness (QED) is 0.165. The highest BCUT2D eigenvalue weighted by molar-refractivity contribution is 6.05. The number of fused-ring (bicyclic) bond motifs is 7. The Bertz CT molecular complexity index is 2990. The van der Waals surface area contributed by atoms with Crippen LogP contribution in [0.4, 0.5) is 17.1 Å². The summed E-state index contributed by atoms with van der Waals surface area (Å²) >= 11 is 0. The molecule has 270 valence electrons. The molecule has 2 aliphatic carbocycles. The van der Waals surface area contributed by atoms with Crippen LogP contribution in [0.5, 0.6) is 0 Å². The molecule has 0 fully saturated rings. The second-order valence-electron chi connectivity index (χ2n) is 16.0. The van der Waals surface area contributed by atoms with Crippen LogP contribution >= 0.6 is 0 Å². The van der Waals surface area contributed by atoms with Crippen molar-refractivity contribution in [3.63, 3.8) is 0 Å². The van der Waals surface area contributed by atoms with Crippen LogP contribution in [-0.4, -0.2) is 0 Å². The molecular weight excluding hydrogens is 687 g/mol. The fraction of sp³-hybridized carbons (Fsp3) is 0.0714. The van der Waals surface area contributed by atoms with Crippen molar-refractivity contribution < 1.29 is 0 Å². The molecule has 57 heavy (non-hydrogen) atoms. The van der Waals surface area contributed by atoms with Crippen LogP contribution in [0.15, 0.2) is 200 Å². The van der Waals surface area contributed by atoms with Crippen LogP contribution < -0.4 is 4.90 Å². The third-order valence-electron chi connectivity index (χ3n) is 12.5. The second-order valence-corrected chi connectivity index (χ2v) is 16.0. The first-order valence-electron chi connectivity index (χ1n) is 20.1. The molecule has 0 saturated carbocycles. The van der Waals surface area contributed by atoms with Gasteiger partial charge in [-0.25, -0.2) is 0 Å². The summed E-state index contributed by atoms with van der Waals surface area (Å²) in [5, 5.41) is 2.56. The van der Waals surface area contributed by atoms with E-state index in [-0.39, 0.29) is 5.41 Å². The molecule has 9 aromatic carbocycles. The van der Waals surface area contributed by atoms with Gasteiger partial charge < -0.3 is 4.90 Å².